The monoisotopic (exact) mass is 660 g/mol. The molecule has 0 aliphatic carbocycles. The Balaban J connectivity index is 1.37. The van der Waals surface area contributed by atoms with E-state index in [1.54, 1.807) is 28.4 Å². The Morgan fingerprint density at radius 2 is 0.792 bits per heavy atom. The first-order chi connectivity index (χ1) is 23.5. The molecule has 5 rings (SSSR count). The molecule has 1 fully saturated rings. The molecular formula is C38H44O10. The van der Waals surface area contributed by atoms with Crippen LogP contribution in [0.3, 0.4) is 0 Å². The lowest BCUT2D eigenvalue weighted by Crippen LogP contribution is -2.61. The Kier molecular flexibility index (Phi) is 13.1. The Morgan fingerprint density at radius 3 is 1.17 bits per heavy atom. The summed E-state index contributed by atoms with van der Waals surface area (Å²) in [6.45, 7) is 1.19. The van der Waals surface area contributed by atoms with Crippen molar-refractivity contribution in [1.82, 2.24) is 0 Å². The zero-order chi connectivity index (χ0) is 33.7. The third-order valence-electron chi connectivity index (χ3n) is 8.12. The molecule has 0 spiro atoms. The van der Waals surface area contributed by atoms with Crippen molar-refractivity contribution >= 4 is 0 Å². The molecule has 0 aromatic heterocycles. The average Bonchev–Trinajstić information content (AvgIpc) is 3.14. The lowest BCUT2D eigenvalue weighted by molar-refractivity contribution is -0.317. The SMILES string of the molecule is COc1ccc(COC[C@H]2OC(O)[C@H](OCc3ccc(OC)cc3)[C@@H](OCc3ccc(OC)cc3)[C@H]2OCc2ccc(OC)cc2)cc1. The highest BCUT2D eigenvalue weighted by molar-refractivity contribution is 5.29. The van der Waals surface area contributed by atoms with E-state index in [2.05, 4.69) is 0 Å². The van der Waals surface area contributed by atoms with Crippen LogP contribution in [0.1, 0.15) is 22.3 Å². The van der Waals surface area contributed by atoms with Gasteiger partial charge >= 0.3 is 0 Å². The highest BCUT2D eigenvalue weighted by Crippen LogP contribution is 2.31. The molecule has 0 radical (unpaired) electrons. The van der Waals surface area contributed by atoms with Gasteiger partial charge < -0.3 is 47.7 Å². The lowest BCUT2D eigenvalue weighted by atomic mass is 9.98. The Labute approximate surface area is 282 Å². The second kappa shape index (κ2) is 17.8. The van der Waals surface area contributed by atoms with Crippen LogP contribution in [-0.2, 0) is 50.1 Å². The summed E-state index contributed by atoms with van der Waals surface area (Å²) < 4.78 is 53.0. The number of benzene rings is 4. The molecule has 1 saturated heterocycles. The Hall–Kier alpha value is -4.16. The van der Waals surface area contributed by atoms with Crippen LogP contribution in [0.15, 0.2) is 97.1 Å². The fraction of sp³-hybridized carbons (Fsp3) is 0.368. The predicted octanol–water partition coefficient (Wildman–Crippen LogP) is 5.71. The minimum Gasteiger partial charge on any atom is -0.497 e. The highest BCUT2D eigenvalue weighted by Gasteiger charge is 2.48. The number of aliphatic hydroxyl groups excluding tert-OH is 1. The van der Waals surface area contributed by atoms with Crippen LogP contribution in [0.25, 0.3) is 0 Å². The van der Waals surface area contributed by atoms with Crippen LogP contribution in [0, 0.1) is 0 Å². The van der Waals surface area contributed by atoms with Crippen LogP contribution < -0.4 is 18.9 Å². The summed E-state index contributed by atoms with van der Waals surface area (Å²) in [7, 11) is 6.50. The second-order valence-electron chi connectivity index (χ2n) is 11.3. The van der Waals surface area contributed by atoms with Crippen LogP contribution in [-0.4, -0.2) is 70.9 Å². The first-order valence-electron chi connectivity index (χ1n) is 15.8. The molecule has 0 amide bonds. The number of ether oxygens (including phenoxy) is 9. The first-order valence-corrected chi connectivity index (χ1v) is 15.8. The third-order valence-corrected chi connectivity index (χ3v) is 8.12. The Morgan fingerprint density at radius 1 is 0.458 bits per heavy atom. The van der Waals surface area contributed by atoms with Gasteiger partial charge in [-0.05, 0) is 70.8 Å². The van der Waals surface area contributed by atoms with Crippen molar-refractivity contribution in [2.75, 3.05) is 35.0 Å². The van der Waals surface area contributed by atoms with E-state index in [0.29, 0.717) is 6.61 Å². The third kappa shape index (κ3) is 9.70. The van der Waals surface area contributed by atoms with Gasteiger partial charge in [-0.2, -0.15) is 0 Å². The molecule has 1 aliphatic heterocycles. The molecule has 10 heteroatoms. The molecule has 1 unspecified atom stereocenters. The topological polar surface area (TPSA) is 103 Å². The van der Waals surface area contributed by atoms with E-state index >= 15 is 0 Å². The molecular weight excluding hydrogens is 616 g/mol. The van der Waals surface area contributed by atoms with Crippen LogP contribution in [0.5, 0.6) is 23.0 Å². The molecule has 4 aromatic rings. The second-order valence-corrected chi connectivity index (χ2v) is 11.3. The molecule has 1 N–H and O–H groups in total. The summed E-state index contributed by atoms with van der Waals surface area (Å²) in [5.41, 5.74) is 3.73. The van der Waals surface area contributed by atoms with Crippen molar-refractivity contribution in [3.63, 3.8) is 0 Å². The smallest absolute Gasteiger partial charge is 0.184 e. The summed E-state index contributed by atoms with van der Waals surface area (Å²) in [4.78, 5) is 0. The molecule has 256 valence electrons. The summed E-state index contributed by atoms with van der Waals surface area (Å²) >= 11 is 0. The zero-order valence-corrected chi connectivity index (χ0v) is 27.8. The summed E-state index contributed by atoms with van der Waals surface area (Å²) in [5, 5.41) is 11.4. The van der Waals surface area contributed by atoms with Crippen molar-refractivity contribution in [2.24, 2.45) is 0 Å². The number of aliphatic hydroxyl groups is 1. The minimum absolute atomic E-state index is 0.143. The standard InChI is InChI=1S/C38H44O10/c1-40-30-13-5-26(6-14-30)21-44-25-34-35(45-22-27-7-15-31(41-2)16-8-27)36(46-23-28-9-17-32(42-3)18-10-28)37(38(39)48-34)47-24-29-11-19-33(43-4)20-12-29/h5-20,34-39H,21-25H2,1-4H3/t34-,35+,36+,37-,38?/m1/s1. The van der Waals surface area contributed by atoms with Gasteiger partial charge in [0.25, 0.3) is 0 Å². The molecule has 10 nitrogen and oxygen atoms in total. The van der Waals surface area contributed by atoms with Gasteiger partial charge in [0.1, 0.15) is 47.4 Å². The van der Waals surface area contributed by atoms with Crippen LogP contribution in [0.2, 0.25) is 0 Å². The van der Waals surface area contributed by atoms with Crippen LogP contribution >= 0.6 is 0 Å². The molecule has 1 heterocycles. The molecule has 48 heavy (non-hydrogen) atoms. The van der Waals surface area contributed by atoms with Crippen molar-refractivity contribution in [2.45, 2.75) is 57.1 Å². The van der Waals surface area contributed by atoms with Gasteiger partial charge in [0.05, 0.1) is 61.5 Å². The van der Waals surface area contributed by atoms with Gasteiger partial charge in [-0.3, -0.25) is 0 Å². The van der Waals surface area contributed by atoms with Crippen molar-refractivity contribution in [3.8, 4) is 23.0 Å². The van der Waals surface area contributed by atoms with Gasteiger partial charge in [0, 0.05) is 0 Å². The molecule has 0 bridgehead atoms. The normalized spacial score (nSPS) is 20.6. The lowest BCUT2D eigenvalue weighted by Gasteiger charge is -2.44. The maximum Gasteiger partial charge on any atom is 0.184 e. The van der Waals surface area contributed by atoms with Gasteiger partial charge in [0.2, 0.25) is 0 Å². The predicted molar refractivity (Wildman–Crippen MR) is 178 cm³/mol. The van der Waals surface area contributed by atoms with Crippen LogP contribution in [0.4, 0.5) is 0 Å². The van der Waals surface area contributed by atoms with Gasteiger partial charge in [-0.1, -0.05) is 48.5 Å². The maximum atomic E-state index is 11.4. The first kappa shape index (κ1) is 35.2. The number of hydrogen-bond acceptors (Lipinski definition) is 10. The quantitative estimate of drug-likeness (QED) is 0.152. The fourth-order valence-electron chi connectivity index (χ4n) is 5.36. The van der Waals surface area contributed by atoms with E-state index in [1.807, 2.05) is 97.1 Å². The fourth-order valence-corrected chi connectivity index (χ4v) is 5.36. The van der Waals surface area contributed by atoms with Gasteiger partial charge in [0.15, 0.2) is 6.29 Å². The van der Waals surface area contributed by atoms with E-state index in [-0.39, 0.29) is 26.4 Å². The largest absolute Gasteiger partial charge is 0.497 e. The number of methoxy groups -OCH3 is 4. The van der Waals surface area contributed by atoms with E-state index in [0.717, 1.165) is 45.3 Å². The summed E-state index contributed by atoms with van der Waals surface area (Å²) in [6, 6.07) is 30.5. The van der Waals surface area contributed by atoms with Crippen molar-refractivity contribution < 1.29 is 47.7 Å². The van der Waals surface area contributed by atoms with Crippen molar-refractivity contribution in [3.05, 3.63) is 119 Å². The van der Waals surface area contributed by atoms with E-state index in [9.17, 15) is 5.11 Å². The van der Waals surface area contributed by atoms with E-state index in [1.165, 1.54) is 0 Å². The summed E-state index contributed by atoms with van der Waals surface area (Å²) in [6.07, 6.45) is -4.23. The highest BCUT2D eigenvalue weighted by atomic mass is 16.7. The number of hydrogen-bond donors (Lipinski definition) is 1. The van der Waals surface area contributed by atoms with Gasteiger partial charge in [-0.25, -0.2) is 0 Å². The zero-order valence-electron chi connectivity index (χ0n) is 27.8. The molecule has 5 atom stereocenters. The van der Waals surface area contributed by atoms with Crippen molar-refractivity contribution in [1.29, 1.82) is 0 Å². The molecule has 4 aromatic carbocycles. The van der Waals surface area contributed by atoms with E-state index < -0.39 is 30.7 Å². The molecule has 0 saturated carbocycles. The Bertz CT molecular complexity index is 1490. The van der Waals surface area contributed by atoms with E-state index in [4.69, 9.17) is 42.6 Å². The average molecular weight is 661 g/mol. The van der Waals surface area contributed by atoms with Gasteiger partial charge in [-0.15, -0.1) is 0 Å². The minimum atomic E-state index is -1.31. The number of rotatable bonds is 17. The maximum absolute atomic E-state index is 11.4. The summed E-state index contributed by atoms with van der Waals surface area (Å²) in [5.74, 6) is 3.00. The molecule has 1 aliphatic rings.